The molecule has 0 radical (unpaired) electrons. The fourth-order valence-electron chi connectivity index (χ4n) is 1.58. The predicted octanol–water partition coefficient (Wildman–Crippen LogP) is 1.85. The molecule has 0 aliphatic heterocycles. The highest BCUT2D eigenvalue weighted by molar-refractivity contribution is 5.87. The van der Waals surface area contributed by atoms with Crippen LogP contribution in [0.2, 0.25) is 0 Å². The summed E-state index contributed by atoms with van der Waals surface area (Å²) in [4.78, 5) is 16.1. The van der Waals surface area contributed by atoms with Gasteiger partial charge in [-0.2, -0.15) is 5.10 Å². The number of carbonyl (C=O) groups is 1. The molecule has 0 amide bonds. The van der Waals surface area contributed by atoms with Crippen LogP contribution in [0.1, 0.15) is 23.8 Å². The number of ether oxygens (including phenoxy) is 2. The number of rotatable bonds is 6. The van der Waals surface area contributed by atoms with Crippen LogP contribution in [0, 0.1) is 0 Å². The molecule has 0 bridgehead atoms. The summed E-state index contributed by atoms with van der Waals surface area (Å²) in [7, 11) is 1.63. The van der Waals surface area contributed by atoms with Crippen molar-refractivity contribution in [1.82, 2.24) is 14.8 Å². The Hall–Kier alpha value is -2.21. The summed E-state index contributed by atoms with van der Waals surface area (Å²) >= 11 is 0. The Bertz CT molecular complexity index is 555. The number of aromatic nitrogens is 3. The van der Waals surface area contributed by atoms with Crippen molar-refractivity contribution >= 4 is 5.97 Å². The summed E-state index contributed by atoms with van der Waals surface area (Å²) in [6, 6.07) is 6.93. The third-order valence-electron chi connectivity index (χ3n) is 2.84. The van der Waals surface area contributed by atoms with E-state index in [4.69, 9.17) is 9.47 Å². The smallest absolute Gasteiger partial charge is 0.357 e. The molecule has 2 aromatic heterocycles. The van der Waals surface area contributed by atoms with Crippen molar-refractivity contribution in [1.29, 1.82) is 0 Å². The Morgan fingerprint density at radius 3 is 2.95 bits per heavy atom. The lowest BCUT2D eigenvalue weighted by atomic mass is 10.3. The normalized spacial score (nSPS) is 12.1. The van der Waals surface area contributed by atoms with Gasteiger partial charge in [0.1, 0.15) is 0 Å². The van der Waals surface area contributed by atoms with Gasteiger partial charge in [0.15, 0.2) is 11.5 Å². The fraction of sp³-hybridized carbons (Fsp3) is 0.357. The minimum absolute atomic E-state index is 0.0613. The van der Waals surface area contributed by atoms with Crippen molar-refractivity contribution in [2.24, 2.45) is 0 Å². The predicted molar refractivity (Wildman–Crippen MR) is 72.7 cm³/mol. The first-order valence-electron chi connectivity index (χ1n) is 6.37. The first kappa shape index (κ1) is 14.2. The highest BCUT2D eigenvalue weighted by Crippen LogP contribution is 2.06. The molecule has 0 aliphatic carbocycles. The number of hydrogen-bond donors (Lipinski definition) is 0. The molecule has 0 saturated carbocycles. The van der Waals surface area contributed by atoms with E-state index in [2.05, 4.69) is 10.1 Å². The van der Waals surface area contributed by atoms with Crippen LogP contribution in [0.5, 0.6) is 0 Å². The summed E-state index contributed by atoms with van der Waals surface area (Å²) in [5, 5.41) is 4.07. The van der Waals surface area contributed by atoms with E-state index < -0.39 is 5.97 Å². The lowest BCUT2D eigenvalue weighted by Crippen LogP contribution is -2.14. The van der Waals surface area contributed by atoms with Crippen LogP contribution >= 0.6 is 0 Å². The van der Waals surface area contributed by atoms with Gasteiger partial charge < -0.3 is 9.47 Å². The minimum Gasteiger partial charge on any atom is -0.461 e. The van der Waals surface area contributed by atoms with Crippen LogP contribution in [-0.4, -0.2) is 40.6 Å². The Morgan fingerprint density at radius 1 is 1.40 bits per heavy atom. The summed E-state index contributed by atoms with van der Waals surface area (Å²) in [6.45, 7) is 2.23. The molecule has 0 unspecified atom stereocenters. The Labute approximate surface area is 117 Å². The molecule has 0 fully saturated rings. The summed E-state index contributed by atoms with van der Waals surface area (Å²) in [6.07, 6.45) is 4.13. The maximum Gasteiger partial charge on any atom is 0.357 e. The summed E-state index contributed by atoms with van der Waals surface area (Å²) in [5.41, 5.74) is 0.267. The second kappa shape index (κ2) is 6.81. The van der Waals surface area contributed by atoms with Crippen molar-refractivity contribution in [3.05, 3.63) is 42.4 Å². The van der Waals surface area contributed by atoms with Gasteiger partial charge in [0.05, 0.1) is 12.7 Å². The van der Waals surface area contributed by atoms with Crippen LogP contribution in [0.3, 0.4) is 0 Å². The Morgan fingerprint density at radius 2 is 2.25 bits per heavy atom. The third-order valence-corrected chi connectivity index (χ3v) is 2.84. The second-order valence-electron chi connectivity index (χ2n) is 4.30. The number of esters is 1. The highest BCUT2D eigenvalue weighted by Gasteiger charge is 2.11. The average Bonchev–Trinajstić information content (AvgIpc) is 3.01. The van der Waals surface area contributed by atoms with E-state index in [1.807, 2.05) is 6.92 Å². The van der Waals surface area contributed by atoms with Crippen molar-refractivity contribution < 1.29 is 14.3 Å². The number of nitrogens with zero attached hydrogens (tertiary/aromatic N) is 3. The monoisotopic (exact) mass is 275 g/mol. The third kappa shape index (κ3) is 3.64. The molecule has 0 saturated heterocycles. The van der Waals surface area contributed by atoms with Gasteiger partial charge in [-0.05, 0) is 25.1 Å². The van der Waals surface area contributed by atoms with Crippen LogP contribution in [0.15, 0.2) is 36.7 Å². The molecule has 0 aliphatic rings. The van der Waals surface area contributed by atoms with Gasteiger partial charge in [-0.25, -0.2) is 14.5 Å². The van der Waals surface area contributed by atoms with Gasteiger partial charge in [0.2, 0.25) is 0 Å². The number of pyridine rings is 1. The van der Waals surface area contributed by atoms with Crippen LogP contribution in [0.4, 0.5) is 0 Å². The van der Waals surface area contributed by atoms with Crippen LogP contribution < -0.4 is 0 Å². The molecule has 106 valence electrons. The van der Waals surface area contributed by atoms with Crippen LogP contribution in [-0.2, 0) is 9.47 Å². The molecule has 20 heavy (non-hydrogen) atoms. The summed E-state index contributed by atoms with van der Waals surface area (Å²) < 4.78 is 11.8. The molecule has 6 heteroatoms. The van der Waals surface area contributed by atoms with Gasteiger partial charge in [0, 0.05) is 25.9 Å². The van der Waals surface area contributed by atoms with Gasteiger partial charge >= 0.3 is 5.97 Å². The van der Waals surface area contributed by atoms with Crippen molar-refractivity contribution in [3.63, 3.8) is 0 Å². The molecule has 1 atom stereocenters. The van der Waals surface area contributed by atoms with Crippen molar-refractivity contribution in [2.45, 2.75) is 19.4 Å². The maximum absolute atomic E-state index is 11.9. The van der Waals surface area contributed by atoms with E-state index in [9.17, 15) is 4.79 Å². The van der Waals surface area contributed by atoms with Crippen LogP contribution in [0.25, 0.3) is 5.82 Å². The van der Waals surface area contributed by atoms with E-state index in [1.54, 1.807) is 48.5 Å². The van der Waals surface area contributed by atoms with Gasteiger partial charge in [-0.15, -0.1) is 0 Å². The molecule has 2 heterocycles. The van der Waals surface area contributed by atoms with Gasteiger partial charge in [-0.1, -0.05) is 6.07 Å². The van der Waals surface area contributed by atoms with Gasteiger partial charge in [-0.3, -0.25) is 0 Å². The molecule has 0 aromatic carbocycles. The first-order chi connectivity index (χ1) is 9.70. The zero-order chi connectivity index (χ0) is 14.4. The number of methoxy groups -OCH3 is 1. The van der Waals surface area contributed by atoms with E-state index in [0.717, 1.165) is 0 Å². The maximum atomic E-state index is 11.9. The molecule has 6 nitrogen and oxygen atoms in total. The molecular weight excluding hydrogens is 258 g/mol. The topological polar surface area (TPSA) is 66.2 Å². The molecule has 2 aromatic rings. The first-order valence-corrected chi connectivity index (χ1v) is 6.37. The Kier molecular flexibility index (Phi) is 4.84. The largest absolute Gasteiger partial charge is 0.461 e. The Balaban J connectivity index is 1.98. The zero-order valence-corrected chi connectivity index (χ0v) is 11.5. The second-order valence-corrected chi connectivity index (χ2v) is 4.30. The zero-order valence-electron chi connectivity index (χ0n) is 11.5. The fourth-order valence-corrected chi connectivity index (χ4v) is 1.58. The van der Waals surface area contributed by atoms with Crippen molar-refractivity contribution in [2.75, 3.05) is 13.7 Å². The molecular formula is C14H17N3O3. The number of hydrogen-bond acceptors (Lipinski definition) is 5. The average molecular weight is 275 g/mol. The molecule has 0 spiro atoms. The quantitative estimate of drug-likeness (QED) is 0.753. The SMILES string of the molecule is CO[C@H](C)CCOC(=O)c1cccc(-n2cccn2)n1. The van der Waals surface area contributed by atoms with Crippen molar-refractivity contribution in [3.8, 4) is 5.82 Å². The van der Waals surface area contributed by atoms with E-state index >= 15 is 0 Å². The van der Waals surface area contributed by atoms with E-state index in [-0.39, 0.29) is 11.8 Å². The lowest BCUT2D eigenvalue weighted by Gasteiger charge is -2.09. The standard InChI is InChI=1S/C14H17N3O3/c1-11(19-2)7-10-20-14(18)12-5-3-6-13(16-12)17-9-4-8-15-17/h3-6,8-9,11H,7,10H2,1-2H3/t11-/m1/s1. The minimum atomic E-state index is -0.442. The lowest BCUT2D eigenvalue weighted by molar-refractivity contribution is 0.0385. The van der Waals surface area contributed by atoms with Gasteiger partial charge in [0.25, 0.3) is 0 Å². The molecule has 0 N–H and O–H groups in total. The van der Waals surface area contributed by atoms with E-state index in [0.29, 0.717) is 18.8 Å². The summed E-state index contributed by atoms with van der Waals surface area (Å²) in [5.74, 6) is 0.136. The molecule has 2 rings (SSSR count). The highest BCUT2D eigenvalue weighted by atomic mass is 16.5. The number of carbonyl (C=O) groups excluding carboxylic acids is 1. The van der Waals surface area contributed by atoms with E-state index in [1.165, 1.54) is 0 Å².